The van der Waals surface area contributed by atoms with Crippen LogP contribution in [0, 0.1) is 5.82 Å². The second-order valence-corrected chi connectivity index (χ2v) is 6.69. The first kappa shape index (κ1) is 15.0. The Kier molecular flexibility index (Phi) is 4.77. The van der Waals surface area contributed by atoms with Crippen molar-refractivity contribution in [1.29, 1.82) is 0 Å². The number of benzene rings is 1. The van der Waals surface area contributed by atoms with E-state index in [4.69, 9.17) is 0 Å². The molecule has 0 fully saturated rings. The van der Waals surface area contributed by atoms with Gasteiger partial charge in [0.05, 0.1) is 22.5 Å². The number of methoxy groups -OCH3 is 1. The van der Waals surface area contributed by atoms with Crippen LogP contribution in [0.5, 0.6) is 0 Å². The lowest BCUT2D eigenvalue weighted by Gasteiger charge is -2.14. The lowest BCUT2D eigenvalue weighted by molar-refractivity contribution is 0.0595. The molecule has 1 atom stereocenters. The summed E-state index contributed by atoms with van der Waals surface area (Å²) in [5.74, 6) is -1.27. The van der Waals surface area contributed by atoms with Crippen molar-refractivity contribution in [2.24, 2.45) is 0 Å². The van der Waals surface area contributed by atoms with Crippen LogP contribution in [0.2, 0.25) is 0 Å². The number of thiophene rings is 1. The van der Waals surface area contributed by atoms with Crippen LogP contribution in [0.25, 0.3) is 0 Å². The van der Waals surface area contributed by atoms with Crippen LogP contribution in [0.15, 0.2) is 34.1 Å². The zero-order valence-electron chi connectivity index (χ0n) is 10.9. The van der Waals surface area contributed by atoms with E-state index in [1.165, 1.54) is 19.2 Å². The van der Waals surface area contributed by atoms with Gasteiger partial charge in [-0.2, -0.15) is 0 Å². The average Bonchev–Trinajstić information content (AvgIpc) is 2.87. The average molecular weight is 358 g/mol. The van der Waals surface area contributed by atoms with E-state index >= 15 is 0 Å². The molecular weight excluding hydrogens is 345 g/mol. The first-order valence-electron chi connectivity index (χ1n) is 5.91. The summed E-state index contributed by atoms with van der Waals surface area (Å²) in [6.07, 6.45) is 0. The molecule has 0 spiro atoms. The van der Waals surface area contributed by atoms with Gasteiger partial charge in [0.1, 0.15) is 5.82 Å². The fourth-order valence-electron chi connectivity index (χ4n) is 1.76. The standard InChI is InChI=1S/C14H13BrFNO2S/c1-8(12-5-6-13(15)20-12)17-9-3-4-11(16)10(7-9)14(18)19-2/h3-8,17H,1-2H3. The minimum Gasteiger partial charge on any atom is -0.465 e. The molecule has 2 aromatic rings. The number of ether oxygens (including phenoxy) is 1. The predicted molar refractivity (Wildman–Crippen MR) is 81.8 cm³/mol. The lowest BCUT2D eigenvalue weighted by Crippen LogP contribution is -2.08. The minimum atomic E-state index is -0.683. The molecule has 1 unspecified atom stereocenters. The molecule has 106 valence electrons. The largest absolute Gasteiger partial charge is 0.465 e. The van der Waals surface area contributed by atoms with Crippen molar-refractivity contribution in [3.05, 3.63) is 50.4 Å². The molecule has 0 aliphatic carbocycles. The van der Waals surface area contributed by atoms with Gasteiger partial charge in [-0.25, -0.2) is 9.18 Å². The molecule has 1 aromatic heterocycles. The van der Waals surface area contributed by atoms with Gasteiger partial charge in [0.15, 0.2) is 0 Å². The fourth-order valence-corrected chi connectivity index (χ4v) is 3.19. The highest BCUT2D eigenvalue weighted by Crippen LogP contribution is 2.29. The summed E-state index contributed by atoms with van der Waals surface area (Å²) in [6.45, 7) is 2.00. The molecule has 3 nitrogen and oxygen atoms in total. The second kappa shape index (κ2) is 6.37. The number of nitrogens with one attached hydrogen (secondary N) is 1. The molecule has 20 heavy (non-hydrogen) atoms. The van der Waals surface area contributed by atoms with E-state index in [1.807, 2.05) is 19.1 Å². The van der Waals surface area contributed by atoms with Gasteiger partial charge in [-0.05, 0) is 53.2 Å². The van der Waals surface area contributed by atoms with E-state index in [-0.39, 0.29) is 11.6 Å². The van der Waals surface area contributed by atoms with Crippen LogP contribution >= 0.6 is 27.3 Å². The quantitative estimate of drug-likeness (QED) is 0.812. The summed E-state index contributed by atoms with van der Waals surface area (Å²) in [5.41, 5.74) is 0.598. The number of halogens is 2. The Bertz CT molecular complexity index is 629. The number of rotatable bonds is 4. The highest BCUT2D eigenvalue weighted by Gasteiger charge is 2.14. The third-order valence-electron chi connectivity index (χ3n) is 2.78. The van der Waals surface area contributed by atoms with Gasteiger partial charge in [0.2, 0.25) is 0 Å². The van der Waals surface area contributed by atoms with Gasteiger partial charge >= 0.3 is 5.97 Å². The van der Waals surface area contributed by atoms with E-state index in [2.05, 4.69) is 26.0 Å². The maximum atomic E-state index is 13.5. The summed E-state index contributed by atoms with van der Waals surface area (Å²) in [6, 6.07) is 8.36. The van der Waals surface area contributed by atoms with Crippen LogP contribution in [-0.2, 0) is 4.74 Å². The summed E-state index contributed by atoms with van der Waals surface area (Å²) in [5, 5.41) is 3.23. The fraction of sp³-hybridized carbons (Fsp3) is 0.214. The number of anilines is 1. The smallest absolute Gasteiger partial charge is 0.340 e. The molecule has 0 radical (unpaired) electrons. The number of carbonyl (C=O) groups excluding carboxylic acids is 1. The maximum Gasteiger partial charge on any atom is 0.340 e. The van der Waals surface area contributed by atoms with Crippen LogP contribution in [0.4, 0.5) is 10.1 Å². The highest BCUT2D eigenvalue weighted by atomic mass is 79.9. The Morgan fingerprint density at radius 1 is 1.40 bits per heavy atom. The third kappa shape index (κ3) is 3.37. The van der Waals surface area contributed by atoms with E-state index in [0.29, 0.717) is 5.69 Å². The Balaban J connectivity index is 2.19. The molecule has 6 heteroatoms. The highest BCUT2D eigenvalue weighted by molar-refractivity contribution is 9.11. The molecule has 0 aliphatic rings. The van der Waals surface area contributed by atoms with E-state index in [0.717, 1.165) is 8.66 Å². The van der Waals surface area contributed by atoms with Crippen LogP contribution < -0.4 is 5.32 Å². The molecule has 0 saturated carbocycles. The van der Waals surface area contributed by atoms with Crippen molar-refractivity contribution in [3.8, 4) is 0 Å². The summed E-state index contributed by atoms with van der Waals surface area (Å²) in [7, 11) is 1.23. The number of hydrogen-bond donors (Lipinski definition) is 1. The number of esters is 1. The van der Waals surface area contributed by atoms with Gasteiger partial charge in [-0.1, -0.05) is 0 Å². The van der Waals surface area contributed by atoms with Crippen LogP contribution in [0.3, 0.4) is 0 Å². The number of carbonyl (C=O) groups is 1. The Hall–Kier alpha value is -1.40. The Morgan fingerprint density at radius 2 is 2.15 bits per heavy atom. The SMILES string of the molecule is COC(=O)c1cc(NC(C)c2ccc(Br)s2)ccc1F. The normalized spacial score (nSPS) is 12.0. The van der Waals surface area contributed by atoms with Gasteiger partial charge in [-0.15, -0.1) is 11.3 Å². The first-order chi connectivity index (χ1) is 9.51. The van der Waals surface area contributed by atoms with Crippen LogP contribution in [-0.4, -0.2) is 13.1 Å². The van der Waals surface area contributed by atoms with Gasteiger partial charge < -0.3 is 10.1 Å². The monoisotopic (exact) mass is 357 g/mol. The summed E-state index contributed by atoms with van der Waals surface area (Å²) >= 11 is 5.04. The molecule has 0 bridgehead atoms. The molecule has 1 aromatic carbocycles. The molecule has 1 heterocycles. The molecule has 0 amide bonds. The summed E-state index contributed by atoms with van der Waals surface area (Å²) < 4.78 is 19.1. The predicted octanol–water partition coefficient (Wildman–Crippen LogP) is 4.61. The zero-order chi connectivity index (χ0) is 14.7. The van der Waals surface area contributed by atoms with Crippen molar-refractivity contribution in [1.82, 2.24) is 0 Å². The topological polar surface area (TPSA) is 38.3 Å². The Morgan fingerprint density at radius 3 is 2.75 bits per heavy atom. The van der Waals surface area contributed by atoms with Crippen molar-refractivity contribution >= 4 is 38.9 Å². The van der Waals surface area contributed by atoms with Gasteiger partial charge in [0, 0.05) is 10.6 Å². The van der Waals surface area contributed by atoms with Crippen molar-refractivity contribution in [3.63, 3.8) is 0 Å². The molecule has 0 aliphatic heterocycles. The van der Waals surface area contributed by atoms with E-state index in [1.54, 1.807) is 17.4 Å². The molecule has 2 rings (SSSR count). The van der Waals surface area contributed by atoms with Gasteiger partial charge in [-0.3, -0.25) is 0 Å². The van der Waals surface area contributed by atoms with Crippen molar-refractivity contribution in [2.45, 2.75) is 13.0 Å². The van der Waals surface area contributed by atoms with Gasteiger partial charge in [0.25, 0.3) is 0 Å². The molecular formula is C14H13BrFNO2S. The van der Waals surface area contributed by atoms with Crippen LogP contribution in [0.1, 0.15) is 28.2 Å². The van der Waals surface area contributed by atoms with E-state index < -0.39 is 11.8 Å². The minimum absolute atomic E-state index is 0.0576. The second-order valence-electron chi connectivity index (χ2n) is 4.19. The summed E-state index contributed by atoms with van der Waals surface area (Å²) in [4.78, 5) is 12.6. The Labute approximate surface area is 128 Å². The number of hydrogen-bond acceptors (Lipinski definition) is 4. The van der Waals surface area contributed by atoms with Crippen molar-refractivity contribution < 1.29 is 13.9 Å². The maximum absolute atomic E-state index is 13.5. The zero-order valence-corrected chi connectivity index (χ0v) is 13.3. The van der Waals surface area contributed by atoms with E-state index in [9.17, 15) is 9.18 Å². The lowest BCUT2D eigenvalue weighted by atomic mass is 10.1. The third-order valence-corrected chi connectivity index (χ3v) is 4.58. The molecule has 0 saturated heterocycles. The first-order valence-corrected chi connectivity index (χ1v) is 7.52. The van der Waals surface area contributed by atoms with Crippen molar-refractivity contribution in [2.75, 3.05) is 12.4 Å². The molecule has 1 N–H and O–H groups in total.